The molecule has 2 aromatic rings. The second-order valence-corrected chi connectivity index (χ2v) is 10.2. The van der Waals surface area contributed by atoms with Crippen LogP contribution in [0.4, 0.5) is 0 Å². The lowest BCUT2D eigenvalue weighted by Crippen LogP contribution is -2.23. The van der Waals surface area contributed by atoms with Crippen LogP contribution in [0.3, 0.4) is 0 Å². The fraction of sp³-hybridized carbons (Fsp3) is 0.387. The molecule has 2 aromatic carbocycles. The van der Waals surface area contributed by atoms with Gasteiger partial charge in [-0.2, -0.15) is 0 Å². The molecule has 0 bridgehead atoms. The number of allylic oxidation sites excluding steroid dienone is 5. The summed E-state index contributed by atoms with van der Waals surface area (Å²) in [5, 5.41) is 32.2. The van der Waals surface area contributed by atoms with Crippen molar-refractivity contribution in [1.82, 2.24) is 0 Å². The maximum Gasteiger partial charge on any atom is 0.174 e. The average molecular weight is 507 g/mol. The van der Waals surface area contributed by atoms with Crippen molar-refractivity contribution in [3.63, 3.8) is 0 Å². The van der Waals surface area contributed by atoms with Crippen molar-refractivity contribution in [3.8, 4) is 28.7 Å². The lowest BCUT2D eigenvalue weighted by atomic mass is 9.84. The molecule has 2 unspecified atom stereocenters. The minimum atomic E-state index is -0.922. The topological polar surface area (TPSA) is 96.2 Å². The molecule has 0 aliphatic carbocycles. The van der Waals surface area contributed by atoms with Crippen LogP contribution >= 0.6 is 0 Å². The van der Waals surface area contributed by atoms with Crippen molar-refractivity contribution in [2.75, 3.05) is 7.11 Å². The van der Waals surface area contributed by atoms with Gasteiger partial charge in [-0.25, -0.2) is 0 Å². The standard InChI is InChI=1S/C31H38O6/c1-17(2)11-13-20(19(5)6)15-22-30(36-7)21(14-12-18(3)4)29(35)28-25(34)16-26(37-31(22)28)27-23(32)9-8-10-24(27)33/h8-12,20,26,32-33,35H,5,13-16H2,1-4,6-7H3. The highest BCUT2D eigenvalue weighted by Gasteiger charge is 2.38. The number of rotatable bonds is 9. The molecule has 1 aliphatic heterocycles. The lowest BCUT2D eigenvalue weighted by Gasteiger charge is -2.31. The fourth-order valence-electron chi connectivity index (χ4n) is 4.69. The largest absolute Gasteiger partial charge is 0.507 e. The summed E-state index contributed by atoms with van der Waals surface area (Å²) in [5.74, 6) is -0.0922. The van der Waals surface area contributed by atoms with Crippen molar-refractivity contribution >= 4 is 5.78 Å². The SMILES string of the molecule is C=C(C)C(CC=C(C)C)Cc1c(OC)c(CC=C(C)C)c(O)c2c1OC(c1c(O)cccc1O)CC2=O. The molecule has 3 rings (SSSR count). The molecule has 6 heteroatoms. The van der Waals surface area contributed by atoms with E-state index in [1.54, 1.807) is 7.11 Å². The van der Waals surface area contributed by atoms with Crippen LogP contribution in [0.15, 0.2) is 53.6 Å². The Kier molecular flexibility index (Phi) is 8.74. The van der Waals surface area contributed by atoms with Gasteiger partial charge >= 0.3 is 0 Å². The zero-order valence-corrected chi connectivity index (χ0v) is 22.6. The number of phenols is 3. The number of carbonyl (C=O) groups is 1. The normalized spacial score (nSPS) is 15.3. The van der Waals surface area contributed by atoms with E-state index in [0.717, 1.165) is 17.6 Å². The summed E-state index contributed by atoms with van der Waals surface area (Å²) in [6.45, 7) is 14.2. The summed E-state index contributed by atoms with van der Waals surface area (Å²) >= 11 is 0. The van der Waals surface area contributed by atoms with Crippen LogP contribution in [0.2, 0.25) is 0 Å². The number of hydrogen-bond acceptors (Lipinski definition) is 6. The summed E-state index contributed by atoms with van der Waals surface area (Å²) in [5.41, 5.74) is 4.68. The molecule has 1 aliphatic rings. The summed E-state index contributed by atoms with van der Waals surface area (Å²) < 4.78 is 12.2. The van der Waals surface area contributed by atoms with E-state index in [1.807, 2.05) is 40.7 Å². The second kappa shape index (κ2) is 11.6. The van der Waals surface area contributed by atoms with Crippen LogP contribution in [0, 0.1) is 5.92 Å². The molecule has 0 spiro atoms. The lowest BCUT2D eigenvalue weighted by molar-refractivity contribution is 0.0835. The Balaban J connectivity index is 2.26. The van der Waals surface area contributed by atoms with Gasteiger partial charge in [0.15, 0.2) is 5.78 Å². The van der Waals surface area contributed by atoms with E-state index in [-0.39, 0.29) is 52.2 Å². The number of ether oxygens (including phenoxy) is 2. The van der Waals surface area contributed by atoms with E-state index >= 15 is 0 Å². The zero-order chi connectivity index (χ0) is 27.4. The van der Waals surface area contributed by atoms with Gasteiger partial charge in [-0.15, -0.1) is 0 Å². The van der Waals surface area contributed by atoms with Crippen LogP contribution in [0.25, 0.3) is 0 Å². The predicted octanol–water partition coefficient (Wildman–Crippen LogP) is 7.12. The maximum absolute atomic E-state index is 13.5. The number of fused-ring (bicyclic) bond motifs is 1. The first-order valence-corrected chi connectivity index (χ1v) is 12.5. The van der Waals surface area contributed by atoms with Crippen LogP contribution in [-0.4, -0.2) is 28.2 Å². The van der Waals surface area contributed by atoms with Crippen molar-refractivity contribution in [1.29, 1.82) is 0 Å². The van der Waals surface area contributed by atoms with E-state index in [9.17, 15) is 20.1 Å². The Morgan fingerprint density at radius 3 is 2.24 bits per heavy atom. The predicted molar refractivity (Wildman–Crippen MR) is 146 cm³/mol. The van der Waals surface area contributed by atoms with Crippen molar-refractivity contribution in [2.45, 2.75) is 66.4 Å². The molecule has 1 heterocycles. The molecule has 0 fully saturated rings. The van der Waals surface area contributed by atoms with Gasteiger partial charge in [0.2, 0.25) is 0 Å². The molecule has 0 amide bonds. The average Bonchev–Trinajstić information content (AvgIpc) is 2.81. The van der Waals surface area contributed by atoms with Gasteiger partial charge in [-0.05, 0) is 71.9 Å². The van der Waals surface area contributed by atoms with Gasteiger partial charge in [0.25, 0.3) is 0 Å². The Labute approximate surface area is 219 Å². The highest BCUT2D eigenvalue weighted by molar-refractivity contribution is 6.04. The van der Waals surface area contributed by atoms with E-state index < -0.39 is 6.10 Å². The molecular weight excluding hydrogens is 468 g/mol. The summed E-state index contributed by atoms with van der Waals surface area (Å²) in [7, 11) is 1.54. The van der Waals surface area contributed by atoms with Gasteiger partial charge in [-0.3, -0.25) is 4.79 Å². The van der Waals surface area contributed by atoms with Crippen molar-refractivity contribution < 1.29 is 29.6 Å². The first-order chi connectivity index (χ1) is 17.5. The number of aromatic hydroxyl groups is 3. The molecule has 0 saturated heterocycles. The van der Waals surface area contributed by atoms with Crippen molar-refractivity contribution in [3.05, 3.63) is 75.9 Å². The molecular formula is C31H38O6. The molecule has 2 atom stereocenters. The molecule has 37 heavy (non-hydrogen) atoms. The zero-order valence-electron chi connectivity index (χ0n) is 22.6. The number of ketones is 1. The third-order valence-corrected chi connectivity index (χ3v) is 6.74. The molecule has 0 aromatic heterocycles. The molecule has 6 nitrogen and oxygen atoms in total. The molecule has 198 valence electrons. The minimum absolute atomic E-state index is 0.0337. The highest BCUT2D eigenvalue weighted by Crippen LogP contribution is 2.51. The number of hydrogen-bond donors (Lipinski definition) is 3. The van der Waals surface area contributed by atoms with E-state index in [1.165, 1.54) is 23.8 Å². The van der Waals surface area contributed by atoms with Crippen LogP contribution in [0.1, 0.15) is 80.6 Å². The van der Waals surface area contributed by atoms with E-state index in [0.29, 0.717) is 29.7 Å². The maximum atomic E-state index is 13.5. The van der Waals surface area contributed by atoms with Gasteiger partial charge in [0.05, 0.1) is 19.1 Å². The number of Topliss-reactive ketones (excluding diaryl/α,β-unsaturated/α-hetero) is 1. The second-order valence-electron chi connectivity index (χ2n) is 10.2. The number of methoxy groups -OCH3 is 1. The molecule has 0 radical (unpaired) electrons. The Hall–Kier alpha value is -3.67. The fourth-order valence-corrected chi connectivity index (χ4v) is 4.69. The van der Waals surface area contributed by atoms with Gasteiger partial charge < -0.3 is 24.8 Å². The van der Waals surface area contributed by atoms with E-state index in [2.05, 4.69) is 12.7 Å². The summed E-state index contributed by atoms with van der Waals surface area (Å²) in [6, 6.07) is 4.40. The number of phenolic OH excluding ortho intramolecular Hbond substituents is 3. The Morgan fingerprint density at radius 1 is 1.08 bits per heavy atom. The summed E-state index contributed by atoms with van der Waals surface area (Å²) in [6.07, 6.45) is 4.67. The number of benzene rings is 2. The third-order valence-electron chi connectivity index (χ3n) is 6.74. The van der Waals surface area contributed by atoms with Crippen LogP contribution < -0.4 is 9.47 Å². The van der Waals surface area contributed by atoms with Gasteiger partial charge in [0, 0.05) is 11.1 Å². The van der Waals surface area contributed by atoms with Crippen molar-refractivity contribution in [2.24, 2.45) is 5.92 Å². The quantitative estimate of drug-likeness (QED) is 0.313. The minimum Gasteiger partial charge on any atom is -0.507 e. The van der Waals surface area contributed by atoms with Gasteiger partial charge in [-0.1, -0.05) is 41.5 Å². The smallest absolute Gasteiger partial charge is 0.174 e. The molecule has 0 saturated carbocycles. The Morgan fingerprint density at radius 2 is 1.70 bits per heavy atom. The first-order valence-electron chi connectivity index (χ1n) is 12.5. The van der Waals surface area contributed by atoms with Gasteiger partial charge in [0.1, 0.15) is 40.4 Å². The molecule has 3 N–H and O–H groups in total. The Bertz CT molecular complexity index is 1240. The number of carbonyl (C=O) groups excluding carboxylic acids is 1. The van der Waals surface area contributed by atoms with E-state index in [4.69, 9.17) is 9.47 Å². The van der Waals surface area contributed by atoms with Crippen LogP contribution in [0.5, 0.6) is 28.7 Å². The first kappa shape index (κ1) is 27.9. The summed E-state index contributed by atoms with van der Waals surface area (Å²) in [4.78, 5) is 13.5. The third kappa shape index (κ3) is 6.01. The highest BCUT2D eigenvalue weighted by atomic mass is 16.5. The monoisotopic (exact) mass is 506 g/mol. The van der Waals surface area contributed by atoms with Crippen LogP contribution in [-0.2, 0) is 12.8 Å².